The van der Waals surface area contributed by atoms with Crippen LogP contribution in [0.3, 0.4) is 0 Å². The van der Waals surface area contributed by atoms with Gasteiger partial charge in [-0.1, -0.05) is 39.0 Å². The van der Waals surface area contributed by atoms with E-state index in [1.807, 2.05) is 6.08 Å². The third-order valence-corrected chi connectivity index (χ3v) is 1.55. The predicted molar refractivity (Wildman–Crippen MR) is 48.0 cm³/mol. The van der Waals surface area contributed by atoms with E-state index in [2.05, 4.69) is 41.2 Å². The summed E-state index contributed by atoms with van der Waals surface area (Å²) < 4.78 is 0. The van der Waals surface area contributed by atoms with Gasteiger partial charge in [-0.2, -0.15) is 0 Å². The normalized spacial score (nSPS) is 10.9. The van der Waals surface area contributed by atoms with E-state index in [4.69, 9.17) is 0 Å². The summed E-state index contributed by atoms with van der Waals surface area (Å²) in [7, 11) is 0. The fourth-order valence-electron chi connectivity index (χ4n) is 1.26. The van der Waals surface area contributed by atoms with Gasteiger partial charge in [-0.25, -0.2) is 0 Å². The summed E-state index contributed by atoms with van der Waals surface area (Å²) in [4.78, 5) is 0. The van der Waals surface area contributed by atoms with E-state index in [0.29, 0.717) is 0 Å². The summed E-state index contributed by atoms with van der Waals surface area (Å²) in [6.45, 7) is 14.7. The summed E-state index contributed by atoms with van der Waals surface area (Å²) in [6.07, 6.45) is 1.95. The van der Waals surface area contributed by atoms with Gasteiger partial charge in [0.2, 0.25) is 0 Å². The highest BCUT2D eigenvalue weighted by molar-refractivity contribution is 5.26. The highest BCUT2D eigenvalue weighted by Gasteiger charge is 2.14. The first-order chi connectivity index (χ1) is 4.39. The summed E-state index contributed by atoms with van der Waals surface area (Å²) in [5.74, 6) is 0. The van der Waals surface area contributed by atoms with Crippen molar-refractivity contribution in [3.63, 3.8) is 0 Å². The van der Waals surface area contributed by atoms with Gasteiger partial charge >= 0.3 is 0 Å². The quantitative estimate of drug-likeness (QED) is 0.486. The highest BCUT2D eigenvalue weighted by Crippen LogP contribution is 2.28. The molecule has 0 aromatic heterocycles. The van der Waals surface area contributed by atoms with Crippen LogP contribution in [0.4, 0.5) is 0 Å². The minimum Gasteiger partial charge on any atom is -0.0988 e. The Kier molecular flexibility index (Phi) is 2.89. The lowest BCUT2D eigenvalue weighted by Crippen LogP contribution is -2.08. The van der Waals surface area contributed by atoms with E-state index in [1.54, 1.807) is 0 Å². The molecule has 0 saturated heterocycles. The Labute approximate surface area is 64.6 Å². The molecule has 0 rings (SSSR count). The van der Waals surface area contributed by atoms with Crippen molar-refractivity contribution in [1.82, 2.24) is 0 Å². The van der Waals surface area contributed by atoms with Crippen LogP contribution in [0.25, 0.3) is 0 Å². The van der Waals surface area contributed by atoms with Gasteiger partial charge < -0.3 is 0 Å². The molecule has 0 bridgehead atoms. The van der Waals surface area contributed by atoms with Crippen LogP contribution in [0, 0.1) is 5.41 Å². The van der Waals surface area contributed by atoms with Gasteiger partial charge in [-0.15, -0.1) is 0 Å². The minimum absolute atomic E-state index is 0.251. The predicted octanol–water partition coefficient (Wildman–Crippen LogP) is 3.55. The van der Waals surface area contributed by atoms with Crippen LogP contribution >= 0.6 is 0 Å². The zero-order chi connectivity index (χ0) is 8.36. The number of rotatable bonds is 1. The lowest BCUT2D eigenvalue weighted by molar-refractivity contribution is 0.512. The summed E-state index contributed by atoms with van der Waals surface area (Å²) >= 11 is 0. The Morgan fingerprint density at radius 1 is 1.20 bits per heavy atom. The summed E-state index contributed by atoms with van der Waals surface area (Å²) in [6, 6.07) is 0. The molecular formula is C10H18. The van der Waals surface area contributed by atoms with Gasteiger partial charge in [0.15, 0.2) is 0 Å². The maximum absolute atomic E-state index is 3.79. The molecule has 0 aliphatic heterocycles. The average molecular weight is 138 g/mol. The van der Waals surface area contributed by atoms with Crippen molar-refractivity contribution in [3.8, 4) is 0 Å². The number of allylic oxidation sites excluding steroid dienone is 3. The molecule has 0 heterocycles. The van der Waals surface area contributed by atoms with E-state index in [1.165, 1.54) is 11.1 Å². The molecule has 0 aliphatic carbocycles. The molecule has 0 aliphatic rings. The fraction of sp³-hybridized carbons (Fsp3) is 0.600. The average Bonchev–Trinajstić information content (AvgIpc) is 1.60. The maximum Gasteiger partial charge on any atom is -0.0133 e. The van der Waals surface area contributed by atoms with Crippen molar-refractivity contribution >= 4 is 0 Å². The van der Waals surface area contributed by atoms with Gasteiger partial charge in [0, 0.05) is 0 Å². The third kappa shape index (κ3) is 2.38. The van der Waals surface area contributed by atoms with E-state index in [0.717, 1.165) is 0 Å². The molecule has 0 aromatic rings. The van der Waals surface area contributed by atoms with Gasteiger partial charge in [0.05, 0.1) is 0 Å². The van der Waals surface area contributed by atoms with Crippen LogP contribution in [-0.4, -0.2) is 0 Å². The van der Waals surface area contributed by atoms with Gasteiger partial charge in [-0.05, 0) is 24.8 Å². The summed E-state index contributed by atoms with van der Waals surface area (Å²) in [5.41, 5.74) is 2.97. The van der Waals surface area contributed by atoms with E-state index in [9.17, 15) is 0 Å². The van der Waals surface area contributed by atoms with Crippen molar-refractivity contribution in [1.29, 1.82) is 0 Å². The standard InChI is InChI=1S/C10H18/c1-7-9(8(2)3)10(4,5)6/h7H,1H2,2-6H3. The van der Waals surface area contributed by atoms with Crippen LogP contribution in [0.15, 0.2) is 23.8 Å². The van der Waals surface area contributed by atoms with Crippen molar-refractivity contribution in [2.24, 2.45) is 5.41 Å². The Bertz CT molecular complexity index is 149. The Hall–Kier alpha value is -0.520. The Morgan fingerprint density at radius 2 is 1.60 bits per heavy atom. The molecule has 10 heavy (non-hydrogen) atoms. The van der Waals surface area contributed by atoms with E-state index in [-0.39, 0.29) is 5.41 Å². The van der Waals surface area contributed by atoms with Crippen LogP contribution in [0.5, 0.6) is 0 Å². The number of hydrogen-bond acceptors (Lipinski definition) is 0. The van der Waals surface area contributed by atoms with Crippen molar-refractivity contribution < 1.29 is 0 Å². The molecule has 0 N–H and O–H groups in total. The van der Waals surface area contributed by atoms with Gasteiger partial charge in [0.1, 0.15) is 0 Å². The first-order valence-corrected chi connectivity index (χ1v) is 3.70. The molecule has 0 spiro atoms. The number of hydrogen-bond donors (Lipinski definition) is 0. The Morgan fingerprint density at radius 3 is 1.60 bits per heavy atom. The summed E-state index contributed by atoms with van der Waals surface area (Å²) in [5, 5.41) is 0. The zero-order valence-electron chi connectivity index (χ0n) is 7.78. The van der Waals surface area contributed by atoms with Crippen LogP contribution in [-0.2, 0) is 0 Å². The van der Waals surface area contributed by atoms with Crippen molar-refractivity contribution in [2.45, 2.75) is 34.6 Å². The van der Waals surface area contributed by atoms with Crippen LogP contribution < -0.4 is 0 Å². The highest BCUT2D eigenvalue weighted by atomic mass is 14.2. The maximum atomic E-state index is 3.79. The molecule has 58 valence electrons. The second kappa shape index (κ2) is 3.05. The Balaban J connectivity index is 4.71. The SMILES string of the molecule is C=CC(=C(C)C)C(C)(C)C. The smallest absolute Gasteiger partial charge is 0.0133 e. The lowest BCUT2D eigenvalue weighted by Gasteiger charge is -2.21. The first kappa shape index (κ1) is 9.48. The first-order valence-electron chi connectivity index (χ1n) is 3.70. The van der Waals surface area contributed by atoms with Gasteiger partial charge in [0.25, 0.3) is 0 Å². The van der Waals surface area contributed by atoms with Gasteiger partial charge in [-0.3, -0.25) is 0 Å². The van der Waals surface area contributed by atoms with Crippen molar-refractivity contribution in [2.75, 3.05) is 0 Å². The van der Waals surface area contributed by atoms with E-state index < -0.39 is 0 Å². The second-order valence-electron chi connectivity index (χ2n) is 3.87. The fourth-order valence-corrected chi connectivity index (χ4v) is 1.26. The molecule has 0 saturated carbocycles. The third-order valence-electron chi connectivity index (χ3n) is 1.55. The minimum atomic E-state index is 0.251. The molecule has 0 radical (unpaired) electrons. The van der Waals surface area contributed by atoms with Crippen molar-refractivity contribution in [3.05, 3.63) is 23.8 Å². The second-order valence-corrected chi connectivity index (χ2v) is 3.87. The molecule has 0 nitrogen and oxygen atoms in total. The lowest BCUT2D eigenvalue weighted by atomic mass is 9.84. The molecular weight excluding hydrogens is 120 g/mol. The molecule has 0 aromatic carbocycles. The monoisotopic (exact) mass is 138 g/mol. The zero-order valence-corrected chi connectivity index (χ0v) is 7.78. The molecule has 0 atom stereocenters. The molecule has 0 heteroatoms. The van der Waals surface area contributed by atoms with E-state index >= 15 is 0 Å². The molecule has 0 unspecified atom stereocenters. The largest absolute Gasteiger partial charge is 0.0988 e. The molecule has 0 amide bonds. The van der Waals surface area contributed by atoms with Crippen LogP contribution in [0.1, 0.15) is 34.6 Å². The van der Waals surface area contributed by atoms with Crippen LogP contribution in [0.2, 0.25) is 0 Å². The topological polar surface area (TPSA) is 0 Å². The molecule has 0 fully saturated rings.